The van der Waals surface area contributed by atoms with Crippen LogP contribution in [0.1, 0.15) is 265 Å². The fraction of sp³-hybridized carbons (Fsp3) is 0.882. The first-order valence-corrected chi connectivity index (χ1v) is 24.9. The summed E-state index contributed by atoms with van der Waals surface area (Å²) < 4.78 is 17.4. The minimum Gasteiger partial charge on any atom is -0.462 e. The van der Waals surface area contributed by atoms with Gasteiger partial charge in [-0.05, 0) is 51.4 Å². The van der Waals surface area contributed by atoms with E-state index in [4.69, 9.17) is 14.2 Å². The summed E-state index contributed by atoms with van der Waals surface area (Å²) >= 11 is 0. The quantitative estimate of drug-likeness (QED) is 0.0349. The zero-order valence-corrected chi connectivity index (χ0v) is 37.9. The van der Waals surface area contributed by atoms with Crippen LogP contribution >= 0.6 is 0 Å². The first-order chi connectivity index (χ1) is 27.6. The summed E-state index contributed by atoms with van der Waals surface area (Å²) in [5, 5.41) is 0. The van der Waals surface area contributed by atoms with Crippen LogP contribution in [0.5, 0.6) is 0 Å². The third-order valence-electron chi connectivity index (χ3n) is 11.0. The molecule has 1 unspecified atom stereocenters. The Bertz CT molecular complexity index is 851. The van der Waals surface area contributed by atoms with Crippen LogP contribution in [0, 0.1) is 0 Å². The van der Waals surface area contributed by atoms with Gasteiger partial charge in [0.2, 0.25) is 0 Å². The third-order valence-corrected chi connectivity index (χ3v) is 11.0. The summed E-state index contributed by atoms with van der Waals surface area (Å²) in [4.78, 5) is 25.3. The molecule has 5 heteroatoms. The highest BCUT2D eigenvalue weighted by Gasteiger charge is 2.17. The molecule has 0 saturated heterocycles. The van der Waals surface area contributed by atoms with Crippen LogP contribution < -0.4 is 0 Å². The predicted octanol–water partition coefficient (Wildman–Crippen LogP) is 16.5. The fourth-order valence-electron chi connectivity index (χ4n) is 7.25. The molecule has 0 rings (SSSR count). The van der Waals surface area contributed by atoms with Gasteiger partial charge in [-0.25, -0.2) is 0 Å². The molecule has 0 heterocycles. The molecule has 0 bridgehead atoms. The van der Waals surface area contributed by atoms with Crippen LogP contribution in [-0.2, 0) is 23.8 Å². The summed E-state index contributed by atoms with van der Waals surface area (Å²) in [5.41, 5.74) is 0. The number of hydrogen-bond donors (Lipinski definition) is 0. The highest BCUT2D eigenvalue weighted by atomic mass is 16.6. The molecule has 0 saturated carbocycles. The van der Waals surface area contributed by atoms with E-state index >= 15 is 0 Å². The molecule has 56 heavy (non-hydrogen) atoms. The van der Waals surface area contributed by atoms with Crippen molar-refractivity contribution in [2.75, 3.05) is 19.8 Å². The van der Waals surface area contributed by atoms with Crippen molar-refractivity contribution < 1.29 is 23.8 Å². The van der Waals surface area contributed by atoms with Crippen molar-refractivity contribution in [3.05, 3.63) is 24.3 Å². The van der Waals surface area contributed by atoms with Crippen molar-refractivity contribution >= 4 is 11.9 Å². The Kier molecular flexibility index (Phi) is 46.4. The van der Waals surface area contributed by atoms with Crippen molar-refractivity contribution in [2.24, 2.45) is 0 Å². The zero-order chi connectivity index (χ0) is 40.7. The Morgan fingerprint density at radius 3 is 1.21 bits per heavy atom. The number of rotatable bonds is 46. The molecule has 5 nitrogen and oxygen atoms in total. The van der Waals surface area contributed by atoms with Gasteiger partial charge in [0, 0.05) is 19.4 Å². The van der Waals surface area contributed by atoms with Crippen LogP contribution in [0.2, 0.25) is 0 Å². The second kappa shape index (κ2) is 47.8. The number of carbonyl (C=O) groups is 2. The van der Waals surface area contributed by atoms with Gasteiger partial charge < -0.3 is 14.2 Å². The number of allylic oxidation sites excluding steroid dienone is 4. The molecule has 0 aliphatic carbocycles. The number of carbonyl (C=O) groups excluding carboxylic acids is 2. The molecule has 0 fully saturated rings. The molecule has 0 aromatic rings. The van der Waals surface area contributed by atoms with E-state index in [0.717, 1.165) is 51.4 Å². The summed E-state index contributed by atoms with van der Waals surface area (Å²) in [6.07, 6.45) is 54.6. The van der Waals surface area contributed by atoms with Crippen molar-refractivity contribution in [3.63, 3.8) is 0 Å². The van der Waals surface area contributed by atoms with Crippen molar-refractivity contribution in [1.82, 2.24) is 0 Å². The van der Waals surface area contributed by atoms with E-state index in [2.05, 4.69) is 45.1 Å². The van der Waals surface area contributed by atoms with E-state index in [0.29, 0.717) is 26.1 Å². The summed E-state index contributed by atoms with van der Waals surface area (Å²) in [6.45, 7) is 7.83. The molecule has 0 radical (unpaired) electrons. The van der Waals surface area contributed by atoms with Gasteiger partial charge in [-0.2, -0.15) is 0 Å². The number of unbranched alkanes of at least 4 members (excludes halogenated alkanes) is 31. The Morgan fingerprint density at radius 1 is 0.393 bits per heavy atom. The Hall–Kier alpha value is -1.62. The summed E-state index contributed by atoms with van der Waals surface area (Å²) in [7, 11) is 0. The van der Waals surface area contributed by atoms with E-state index in [9.17, 15) is 9.59 Å². The second-order valence-corrected chi connectivity index (χ2v) is 16.7. The topological polar surface area (TPSA) is 61.8 Å². The SMILES string of the molecule is CCCCC/C=C\C/C=C\CCCCCCCC(=O)OCC(COCCCCCCCCCCCCCCCC)OC(=O)CCCCCCCCCCCCC. The fourth-order valence-corrected chi connectivity index (χ4v) is 7.25. The van der Waals surface area contributed by atoms with Crippen LogP contribution in [0.25, 0.3) is 0 Å². The van der Waals surface area contributed by atoms with E-state index in [1.54, 1.807) is 0 Å². The molecule has 0 amide bonds. The van der Waals surface area contributed by atoms with E-state index < -0.39 is 6.10 Å². The molecule has 0 aliphatic heterocycles. The van der Waals surface area contributed by atoms with Crippen LogP contribution in [0.15, 0.2) is 24.3 Å². The Labute approximate surface area is 349 Å². The predicted molar refractivity (Wildman–Crippen MR) is 242 cm³/mol. The van der Waals surface area contributed by atoms with E-state index in [1.807, 2.05) is 0 Å². The maximum atomic E-state index is 12.7. The molecule has 0 N–H and O–H groups in total. The minimum atomic E-state index is -0.532. The lowest BCUT2D eigenvalue weighted by Gasteiger charge is -2.18. The van der Waals surface area contributed by atoms with Crippen molar-refractivity contribution in [1.29, 1.82) is 0 Å². The van der Waals surface area contributed by atoms with Crippen LogP contribution in [0.3, 0.4) is 0 Å². The summed E-state index contributed by atoms with van der Waals surface area (Å²) in [5.74, 6) is -0.398. The molecule has 0 aliphatic rings. The number of hydrogen-bond acceptors (Lipinski definition) is 5. The molecule has 0 spiro atoms. The molecule has 1 atom stereocenters. The first kappa shape index (κ1) is 54.4. The highest BCUT2D eigenvalue weighted by molar-refractivity contribution is 5.70. The number of esters is 2. The Balaban J connectivity index is 4.22. The lowest BCUT2D eigenvalue weighted by atomic mass is 10.0. The largest absolute Gasteiger partial charge is 0.462 e. The Morgan fingerprint density at radius 2 is 0.750 bits per heavy atom. The third kappa shape index (κ3) is 45.1. The molecular formula is C51H96O5. The normalized spacial score (nSPS) is 12.3. The van der Waals surface area contributed by atoms with Crippen molar-refractivity contribution in [3.8, 4) is 0 Å². The average Bonchev–Trinajstić information content (AvgIpc) is 3.20. The maximum absolute atomic E-state index is 12.7. The highest BCUT2D eigenvalue weighted by Crippen LogP contribution is 2.15. The van der Waals surface area contributed by atoms with E-state index in [-0.39, 0.29) is 18.5 Å². The second-order valence-electron chi connectivity index (χ2n) is 16.7. The van der Waals surface area contributed by atoms with Gasteiger partial charge >= 0.3 is 11.9 Å². The first-order valence-electron chi connectivity index (χ1n) is 24.9. The summed E-state index contributed by atoms with van der Waals surface area (Å²) in [6, 6.07) is 0. The van der Waals surface area contributed by atoms with Gasteiger partial charge in [0.1, 0.15) is 6.61 Å². The lowest BCUT2D eigenvalue weighted by molar-refractivity contribution is -0.163. The van der Waals surface area contributed by atoms with Crippen LogP contribution in [0.4, 0.5) is 0 Å². The van der Waals surface area contributed by atoms with E-state index in [1.165, 1.54) is 180 Å². The van der Waals surface area contributed by atoms with Crippen molar-refractivity contribution in [2.45, 2.75) is 271 Å². The van der Waals surface area contributed by atoms with Gasteiger partial charge in [-0.1, -0.05) is 225 Å². The standard InChI is InChI=1S/C51H96O5/c1-4-7-10-13-16-19-22-24-26-27-30-32-35-38-41-44-50(52)55-48-49(56-51(53)45-42-39-36-33-29-21-18-15-12-9-6-3)47-54-46-43-40-37-34-31-28-25-23-20-17-14-11-8-5-2/h16,19,24,26,49H,4-15,17-18,20-23,25,27-48H2,1-3H3/b19-16-,26-24-. The van der Waals surface area contributed by atoms with Gasteiger partial charge in [0.05, 0.1) is 6.61 Å². The average molecular weight is 789 g/mol. The van der Waals surface area contributed by atoms with Gasteiger partial charge in [-0.3, -0.25) is 9.59 Å². The monoisotopic (exact) mass is 789 g/mol. The van der Waals surface area contributed by atoms with Crippen LogP contribution in [-0.4, -0.2) is 37.9 Å². The lowest BCUT2D eigenvalue weighted by Crippen LogP contribution is -2.30. The van der Waals surface area contributed by atoms with Gasteiger partial charge in [0.25, 0.3) is 0 Å². The zero-order valence-electron chi connectivity index (χ0n) is 37.9. The number of ether oxygens (including phenoxy) is 3. The smallest absolute Gasteiger partial charge is 0.306 e. The molecule has 0 aromatic heterocycles. The van der Waals surface area contributed by atoms with Gasteiger partial charge in [-0.15, -0.1) is 0 Å². The molecule has 0 aromatic carbocycles. The van der Waals surface area contributed by atoms with Gasteiger partial charge in [0.15, 0.2) is 6.10 Å². The molecular weight excluding hydrogens is 693 g/mol. The minimum absolute atomic E-state index is 0.0852. The maximum Gasteiger partial charge on any atom is 0.306 e. The molecule has 330 valence electrons.